The molecule has 0 saturated carbocycles. The largest absolute Gasteiger partial charge is 0.326 e. The van der Waals surface area contributed by atoms with Gasteiger partial charge in [-0.2, -0.15) is 0 Å². The standard InChI is InChI=1S/C15H27N4/c16-8-12-19(13-9-17,14-10-18)11-4-7-15-5-2-1-3-6-15/h1-7H,8-14,16-18H2/q+1. The van der Waals surface area contributed by atoms with Crippen LogP contribution in [0.2, 0.25) is 0 Å². The van der Waals surface area contributed by atoms with E-state index >= 15 is 0 Å². The number of rotatable bonds is 9. The van der Waals surface area contributed by atoms with E-state index in [4.69, 9.17) is 17.2 Å². The average molecular weight is 263 g/mol. The summed E-state index contributed by atoms with van der Waals surface area (Å²) in [5.41, 5.74) is 18.4. The van der Waals surface area contributed by atoms with Gasteiger partial charge in [-0.15, -0.1) is 0 Å². The van der Waals surface area contributed by atoms with Gasteiger partial charge in [0.25, 0.3) is 0 Å². The molecule has 0 fully saturated rings. The molecule has 0 radical (unpaired) electrons. The molecule has 106 valence electrons. The Morgan fingerprint density at radius 1 is 0.842 bits per heavy atom. The van der Waals surface area contributed by atoms with Crippen LogP contribution in [0.1, 0.15) is 5.56 Å². The molecule has 0 bridgehead atoms. The molecule has 0 aliphatic heterocycles. The normalized spacial score (nSPS) is 12.2. The maximum absolute atomic E-state index is 5.74. The van der Waals surface area contributed by atoms with Crippen molar-refractivity contribution >= 4 is 6.08 Å². The third-order valence-corrected chi connectivity index (χ3v) is 3.41. The van der Waals surface area contributed by atoms with Gasteiger partial charge in [-0.25, -0.2) is 0 Å². The second kappa shape index (κ2) is 8.82. The van der Waals surface area contributed by atoms with Crippen molar-refractivity contribution in [3.8, 4) is 0 Å². The zero-order valence-electron chi connectivity index (χ0n) is 11.7. The molecule has 0 spiro atoms. The van der Waals surface area contributed by atoms with Crippen LogP contribution < -0.4 is 17.2 Å². The highest BCUT2D eigenvalue weighted by Gasteiger charge is 2.23. The van der Waals surface area contributed by atoms with Gasteiger partial charge in [0.15, 0.2) is 0 Å². The fraction of sp³-hybridized carbons (Fsp3) is 0.467. The molecule has 6 N–H and O–H groups in total. The molecule has 0 unspecified atom stereocenters. The van der Waals surface area contributed by atoms with Gasteiger partial charge in [-0.3, -0.25) is 0 Å². The van der Waals surface area contributed by atoms with E-state index in [9.17, 15) is 0 Å². The Bertz CT molecular complexity index is 345. The molecule has 19 heavy (non-hydrogen) atoms. The molecule has 0 heterocycles. The van der Waals surface area contributed by atoms with E-state index < -0.39 is 0 Å². The first-order valence-corrected chi connectivity index (χ1v) is 6.93. The summed E-state index contributed by atoms with van der Waals surface area (Å²) in [6.07, 6.45) is 4.35. The Labute approximate surface area is 116 Å². The number of nitrogens with zero attached hydrogens (tertiary/aromatic N) is 1. The van der Waals surface area contributed by atoms with E-state index in [-0.39, 0.29) is 0 Å². The van der Waals surface area contributed by atoms with E-state index in [1.165, 1.54) is 5.56 Å². The summed E-state index contributed by atoms with van der Waals surface area (Å²) < 4.78 is 0.882. The van der Waals surface area contributed by atoms with Crippen molar-refractivity contribution in [1.82, 2.24) is 0 Å². The van der Waals surface area contributed by atoms with Crippen molar-refractivity contribution in [1.29, 1.82) is 0 Å². The summed E-state index contributed by atoms with van der Waals surface area (Å²) in [6, 6.07) is 10.3. The summed E-state index contributed by atoms with van der Waals surface area (Å²) in [4.78, 5) is 0. The van der Waals surface area contributed by atoms with Crippen molar-refractivity contribution in [3.63, 3.8) is 0 Å². The first-order valence-electron chi connectivity index (χ1n) is 6.93. The number of benzene rings is 1. The molecular weight excluding hydrogens is 236 g/mol. The molecule has 0 aliphatic carbocycles. The first kappa shape index (κ1) is 15.9. The predicted molar refractivity (Wildman–Crippen MR) is 82.4 cm³/mol. The Kier molecular flexibility index (Phi) is 7.36. The second-order valence-corrected chi connectivity index (χ2v) is 4.87. The third kappa shape index (κ3) is 5.53. The van der Waals surface area contributed by atoms with Crippen LogP contribution in [0, 0.1) is 0 Å². The zero-order valence-corrected chi connectivity index (χ0v) is 11.7. The lowest BCUT2D eigenvalue weighted by Gasteiger charge is -2.37. The second-order valence-electron chi connectivity index (χ2n) is 4.87. The van der Waals surface area contributed by atoms with Gasteiger partial charge in [0, 0.05) is 19.6 Å². The number of quaternary nitrogens is 1. The highest BCUT2D eigenvalue weighted by molar-refractivity contribution is 5.48. The van der Waals surface area contributed by atoms with E-state index in [2.05, 4.69) is 24.3 Å². The molecule has 0 atom stereocenters. The number of hydrogen-bond donors (Lipinski definition) is 3. The lowest BCUT2D eigenvalue weighted by Crippen LogP contribution is -2.55. The molecule has 1 rings (SSSR count). The SMILES string of the molecule is NCC[N+](CC=Cc1ccccc1)(CCN)CCN. The monoisotopic (exact) mass is 263 g/mol. The molecule has 0 saturated heterocycles. The molecule has 4 nitrogen and oxygen atoms in total. The van der Waals surface area contributed by atoms with Crippen LogP contribution in [-0.4, -0.2) is 50.3 Å². The minimum atomic E-state index is 0.666. The van der Waals surface area contributed by atoms with Crippen LogP contribution in [0.15, 0.2) is 36.4 Å². The fourth-order valence-corrected chi connectivity index (χ4v) is 2.41. The number of hydrogen-bond acceptors (Lipinski definition) is 3. The third-order valence-electron chi connectivity index (χ3n) is 3.41. The molecule has 0 aliphatic rings. The predicted octanol–water partition coefficient (Wildman–Crippen LogP) is 0.393. The van der Waals surface area contributed by atoms with Gasteiger partial charge in [-0.1, -0.05) is 36.4 Å². The highest BCUT2D eigenvalue weighted by Crippen LogP contribution is 2.07. The van der Waals surface area contributed by atoms with Gasteiger partial charge in [-0.05, 0) is 11.6 Å². The van der Waals surface area contributed by atoms with Crippen molar-refractivity contribution in [2.75, 3.05) is 45.8 Å². The Hall–Kier alpha value is -1.20. The highest BCUT2D eigenvalue weighted by atomic mass is 15.4. The average Bonchev–Trinajstić information content (AvgIpc) is 2.41. The lowest BCUT2D eigenvalue weighted by atomic mass is 10.2. The molecular formula is C15H27N4+. The summed E-state index contributed by atoms with van der Waals surface area (Å²) in [5.74, 6) is 0. The van der Waals surface area contributed by atoms with Gasteiger partial charge in [0.05, 0.1) is 26.2 Å². The topological polar surface area (TPSA) is 78.1 Å². The van der Waals surface area contributed by atoms with Crippen LogP contribution in [0.4, 0.5) is 0 Å². The van der Waals surface area contributed by atoms with E-state index in [0.717, 1.165) is 30.7 Å². The van der Waals surface area contributed by atoms with Crippen LogP contribution in [0.5, 0.6) is 0 Å². The Morgan fingerprint density at radius 2 is 1.37 bits per heavy atom. The minimum absolute atomic E-state index is 0.666. The first-order chi connectivity index (χ1) is 9.26. The molecule has 1 aromatic carbocycles. The molecule has 0 amide bonds. The van der Waals surface area contributed by atoms with E-state index in [1.54, 1.807) is 0 Å². The quantitative estimate of drug-likeness (QED) is 0.564. The van der Waals surface area contributed by atoms with Crippen LogP contribution in [0.25, 0.3) is 6.08 Å². The van der Waals surface area contributed by atoms with Crippen molar-refractivity contribution in [2.24, 2.45) is 17.2 Å². The molecule has 0 aromatic heterocycles. The van der Waals surface area contributed by atoms with Crippen molar-refractivity contribution in [3.05, 3.63) is 42.0 Å². The van der Waals surface area contributed by atoms with Gasteiger partial charge >= 0.3 is 0 Å². The fourth-order valence-electron chi connectivity index (χ4n) is 2.41. The van der Waals surface area contributed by atoms with Crippen molar-refractivity contribution < 1.29 is 4.48 Å². The maximum Gasteiger partial charge on any atom is 0.0978 e. The summed E-state index contributed by atoms with van der Waals surface area (Å²) >= 11 is 0. The molecule has 1 aromatic rings. The van der Waals surface area contributed by atoms with E-state index in [1.807, 2.05) is 18.2 Å². The van der Waals surface area contributed by atoms with Crippen LogP contribution >= 0.6 is 0 Å². The van der Waals surface area contributed by atoms with Crippen LogP contribution in [-0.2, 0) is 0 Å². The summed E-state index contributed by atoms with van der Waals surface area (Å²) in [5, 5.41) is 0. The smallest absolute Gasteiger partial charge is 0.0978 e. The summed E-state index contributed by atoms with van der Waals surface area (Å²) in [7, 11) is 0. The Balaban J connectivity index is 2.68. The maximum atomic E-state index is 5.74. The van der Waals surface area contributed by atoms with Crippen LogP contribution in [0.3, 0.4) is 0 Å². The summed E-state index contributed by atoms with van der Waals surface area (Å²) in [6.45, 7) is 5.70. The number of nitrogens with two attached hydrogens (primary N) is 3. The lowest BCUT2D eigenvalue weighted by molar-refractivity contribution is -0.918. The van der Waals surface area contributed by atoms with Gasteiger partial charge in [0.2, 0.25) is 0 Å². The Morgan fingerprint density at radius 3 is 1.84 bits per heavy atom. The molecule has 4 heteroatoms. The van der Waals surface area contributed by atoms with Crippen molar-refractivity contribution in [2.45, 2.75) is 0 Å². The van der Waals surface area contributed by atoms with E-state index in [0.29, 0.717) is 19.6 Å². The van der Waals surface area contributed by atoms with Gasteiger partial charge in [0.1, 0.15) is 0 Å². The minimum Gasteiger partial charge on any atom is -0.326 e. The zero-order chi connectivity index (χ0) is 14.0. The van der Waals surface area contributed by atoms with Gasteiger partial charge < -0.3 is 21.7 Å².